The van der Waals surface area contributed by atoms with E-state index in [1.54, 1.807) is 19.2 Å². The van der Waals surface area contributed by atoms with E-state index in [9.17, 15) is 4.39 Å². The van der Waals surface area contributed by atoms with Gasteiger partial charge in [-0.25, -0.2) is 4.39 Å². The van der Waals surface area contributed by atoms with Crippen molar-refractivity contribution < 1.29 is 9.13 Å². The summed E-state index contributed by atoms with van der Waals surface area (Å²) in [5.74, 6) is 0.595. The predicted octanol–water partition coefficient (Wildman–Crippen LogP) is 3.10. The Kier molecular flexibility index (Phi) is 7.16. The topological polar surface area (TPSA) is 36.5 Å². The van der Waals surface area contributed by atoms with Crippen molar-refractivity contribution in [2.45, 2.75) is 12.6 Å². The predicted molar refractivity (Wildman–Crippen MR) is 103 cm³/mol. The van der Waals surface area contributed by atoms with Crippen LogP contribution in [0.2, 0.25) is 0 Å². The van der Waals surface area contributed by atoms with Crippen LogP contribution < -0.4 is 15.4 Å². The fourth-order valence-electron chi connectivity index (χ4n) is 2.48. The zero-order valence-electron chi connectivity index (χ0n) is 14.8. The normalized spacial score (nSPS) is 11.9. The summed E-state index contributed by atoms with van der Waals surface area (Å²) < 4.78 is 18.2. The van der Waals surface area contributed by atoms with Gasteiger partial charge in [0.1, 0.15) is 11.6 Å². The lowest BCUT2D eigenvalue weighted by Gasteiger charge is -2.26. The quantitative estimate of drug-likeness (QED) is 0.741. The molecule has 0 aromatic heterocycles. The monoisotopic (exact) mass is 361 g/mol. The summed E-state index contributed by atoms with van der Waals surface area (Å²) in [7, 11) is 5.72. The summed E-state index contributed by atoms with van der Waals surface area (Å²) in [4.78, 5) is 2.13. The molecule has 0 unspecified atom stereocenters. The average molecular weight is 361 g/mol. The number of benzene rings is 2. The smallest absolute Gasteiger partial charge is 0.166 e. The van der Waals surface area contributed by atoms with Crippen molar-refractivity contribution in [2.24, 2.45) is 0 Å². The van der Waals surface area contributed by atoms with E-state index in [0.717, 1.165) is 16.9 Å². The molecule has 2 N–H and O–H groups in total. The molecule has 0 radical (unpaired) electrons. The molecule has 0 aliphatic carbocycles. The lowest BCUT2D eigenvalue weighted by Crippen LogP contribution is -2.40. The second-order valence-corrected chi connectivity index (χ2v) is 6.35. The summed E-state index contributed by atoms with van der Waals surface area (Å²) in [6.07, 6.45) is 0. The number of methoxy groups -OCH3 is 1. The van der Waals surface area contributed by atoms with Gasteiger partial charge in [0.25, 0.3) is 0 Å². The number of halogens is 1. The zero-order valence-corrected chi connectivity index (χ0v) is 15.6. The minimum atomic E-state index is -0.239. The van der Waals surface area contributed by atoms with Crippen molar-refractivity contribution in [3.05, 3.63) is 65.5 Å². The van der Waals surface area contributed by atoms with Crippen molar-refractivity contribution >= 4 is 17.3 Å². The van der Waals surface area contributed by atoms with E-state index in [-0.39, 0.29) is 11.9 Å². The van der Waals surface area contributed by atoms with Crippen molar-refractivity contribution in [3.63, 3.8) is 0 Å². The van der Waals surface area contributed by atoms with Crippen LogP contribution in [-0.2, 0) is 6.54 Å². The van der Waals surface area contributed by atoms with Gasteiger partial charge in [0.15, 0.2) is 5.11 Å². The molecule has 2 aromatic carbocycles. The Labute approximate surface area is 154 Å². The Bertz CT molecular complexity index is 691. The number of rotatable bonds is 7. The van der Waals surface area contributed by atoms with Crippen molar-refractivity contribution in [1.82, 2.24) is 15.5 Å². The largest absolute Gasteiger partial charge is 0.497 e. The molecule has 0 amide bonds. The molecular weight excluding hydrogens is 337 g/mol. The number of hydrogen-bond donors (Lipinski definition) is 2. The van der Waals surface area contributed by atoms with Gasteiger partial charge < -0.3 is 20.3 Å². The van der Waals surface area contributed by atoms with Crippen molar-refractivity contribution in [3.8, 4) is 5.75 Å². The molecule has 0 bridgehead atoms. The second kappa shape index (κ2) is 9.34. The molecule has 0 saturated carbocycles. The lowest BCUT2D eigenvalue weighted by molar-refractivity contribution is 0.297. The van der Waals surface area contributed by atoms with Crippen LogP contribution >= 0.6 is 12.2 Å². The molecular formula is C19H24FN3OS. The van der Waals surface area contributed by atoms with E-state index in [4.69, 9.17) is 17.0 Å². The first kappa shape index (κ1) is 19.1. The number of nitrogens with zero attached hydrogens (tertiary/aromatic N) is 1. The number of thiocarbonyl (C=S) groups is 1. The van der Waals surface area contributed by atoms with E-state index in [2.05, 4.69) is 21.6 Å². The Balaban J connectivity index is 1.89. The third kappa shape index (κ3) is 5.99. The average Bonchev–Trinajstić information content (AvgIpc) is 2.61. The van der Waals surface area contributed by atoms with Crippen LogP contribution in [0.4, 0.5) is 4.39 Å². The van der Waals surface area contributed by atoms with Crippen LogP contribution in [0.25, 0.3) is 0 Å². The summed E-state index contributed by atoms with van der Waals surface area (Å²) in [6, 6.07) is 14.5. The molecule has 0 heterocycles. The van der Waals surface area contributed by atoms with E-state index in [1.807, 2.05) is 32.3 Å². The molecule has 0 aliphatic heterocycles. The van der Waals surface area contributed by atoms with E-state index < -0.39 is 0 Å². The van der Waals surface area contributed by atoms with Gasteiger partial charge in [-0.1, -0.05) is 24.3 Å². The molecule has 6 heteroatoms. The fraction of sp³-hybridized carbons (Fsp3) is 0.316. The Hall–Kier alpha value is -2.18. The van der Waals surface area contributed by atoms with E-state index in [1.165, 1.54) is 12.1 Å². The van der Waals surface area contributed by atoms with Crippen LogP contribution in [0.1, 0.15) is 17.2 Å². The van der Waals surface area contributed by atoms with Crippen LogP contribution in [0.5, 0.6) is 5.75 Å². The highest BCUT2D eigenvalue weighted by Crippen LogP contribution is 2.22. The van der Waals surface area contributed by atoms with Crippen molar-refractivity contribution in [1.29, 1.82) is 0 Å². The maximum atomic E-state index is 12.9. The highest BCUT2D eigenvalue weighted by atomic mass is 32.1. The standard InChI is InChI=1S/C19H24FN3OS/c1-23(2)18(15-5-4-6-17(11-15)24-3)13-22-19(25)21-12-14-7-9-16(20)10-8-14/h4-11,18H,12-13H2,1-3H3,(H2,21,22,25)/t18-/m0/s1. The highest BCUT2D eigenvalue weighted by Gasteiger charge is 2.15. The maximum Gasteiger partial charge on any atom is 0.166 e. The molecule has 25 heavy (non-hydrogen) atoms. The maximum absolute atomic E-state index is 12.9. The second-order valence-electron chi connectivity index (χ2n) is 5.95. The SMILES string of the molecule is COc1cccc([C@H](CNC(=S)NCc2ccc(F)cc2)N(C)C)c1. The van der Waals surface area contributed by atoms with Crippen molar-refractivity contribution in [2.75, 3.05) is 27.7 Å². The third-order valence-corrected chi connectivity index (χ3v) is 4.21. The molecule has 1 atom stereocenters. The van der Waals surface area contributed by atoms with Gasteiger partial charge in [-0.15, -0.1) is 0 Å². The number of hydrogen-bond acceptors (Lipinski definition) is 3. The number of ether oxygens (including phenoxy) is 1. The lowest BCUT2D eigenvalue weighted by atomic mass is 10.1. The van der Waals surface area contributed by atoms with E-state index in [0.29, 0.717) is 18.2 Å². The van der Waals surface area contributed by atoms with Gasteiger partial charge in [-0.2, -0.15) is 0 Å². The van der Waals surface area contributed by atoms with Crippen LogP contribution in [-0.4, -0.2) is 37.8 Å². The zero-order chi connectivity index (χ0) is 18.2. The first-order chi connectivity index (χ1) is 12.0. The van der Waals surface area contributed by atoms with Gasteiger partial charge in [-0.3, -0.25) is 0 Å². The fourth-order valence-corrected chi connectivity index (χ4v) is 2.64. The van der Waals surface area contributed by atoms with Gasteiger partial charge in [0.05, 0.1) is 13.2 Å². The number of nitrogens with one attached hydrogen (secondary N) is 2. The molecule has 2 aromatic rings. The Morgan fingerprint density at radius 2 is 1.88 bits per heavy atom. The summed E-state index contributed by atoms with van der Waals surface area (Å²) in [5.41, 5.74) is 2.13. The molecule has 2 rings (SSSR count). The van der Waals surface area contributed by atoms with Gasteiger partial charge in [0, 0.05) is 13.1 Å². The summed E-state index contributed by atoms with van der Waals surface area (Å²) >= 11 is 5.34. The van der Waals surface area contributed by atoms with Crippen LogP contribution in [0.15, 0.2) is 48.5 Å². The molecule has 0 aliphatic rings. The highest BCUT2D eigenvalue weighted by molar-refractivity contribution is 7.80. The van der Waals surface area contributed by atoms with E-state index >= 15 is 0 Å². The van der Waals surface area contributed by atoms with Gasteiger partial charge in [-0.05, 0) is 61.7 Å². The summed E-state index contributed by atoms with van der Waals surface area (Å²) in [5, 5.41) is 6.96. The first-order valence-corrected chi connectivity index (χ1v) is 8.47. The summed E-state index contributed by atoms with van der Waals surface area (Å²) in [6.45, 7) is 1.22. The Morgan fingerprint density at radius 3 is 2.52 bits per heavy atom. The molecule has 0 saturated heterocycles. The van der Waals surface area contributed by atoms with Gasteiger partial charge >= 0.3 is 0 Å². The Morgan fingerprint density at radius 1 is 1.16 bits per heavy atom. The third-order valence-electron chi connectivity index (χ3n) is 3.92. The minimum Gasteiger partial charge on any atom is -0.497 e. The molecule has 0 spiro atoms. The number of likely N-dealkylation sites (N-methyl/N-ethyl adjacent to an activating group) is 1. The first-order valence-electron chi connectivity index (χ1n) is 8.06. The van der Waals surface area contributed by atoms with Crippen LogP contribution in [0, 0.1) is 5.82 Å². The van der Waals surface area contributed by atoms with Gasteiger partial charge in [0.2, 0.25) is 0 Å². The van der Waals surface area contributed by atoms with Crippen LogP contribution in [0.3, 0.4) is 0 Å². The molecule has 0 fully saturated rings. The molecule has 134 valence electrons. The molecule has 4 nitrogen and oxygen atoms in total. The minimum absolute atomic E-state index is 0.153.